The van der Waals surface area contributed by atoms with Crippen LogP contribution in [0.2, 0.25) is 0 Å². The number of nitro benzene ring substituents is 2. The lowest BCUT2D eigenvalue weighted by Crippen LogP contribution is -1.94. The van der Waals surface area contributed by atoms with Crippen molar-refractivity contribution >= 4 is 51.4 Å². The van der Waals surface area contributed by atoms with Crippen LogP contribution in [0.15, 0.2) is 46.2 Å². The van der Waals surface area contributed by atoms with Crippen molar-refractivity contribution in [3.05, 3.63) is 60.2 Å². The van der Waals surface area contributed by atoms with Gasteiger partial charge in [0.2, 0.25) is 0 Å². The zero-order valence-electron chi connectivity index (χ0n) is 10.4. The molecule has 2 N–H and O–H groups in total. The van der Waals surface area contributed by atoms with E-state index in [-0.39, 0.29) is 11.4 Å². The van der Waals surface area contributed by atoms with Gasteiger partial charge < -0.3 is 5.73 Å². The zero-order valence-corrected chi connectivity index (χ0v) is 13.3. The Morgan fingerprint density at radius 2 is 1.48 bits per heavy atom. The lowest BCUT2D eigenvalue weighted by atomic mass is 10.3. The van der Waals surface area contributed by atoms with Crippen LogP contribution in [0.3, 0.4) is 0 Å². The number of hydrogen-bond donors (Lipinski definition) is 1. The molecular formula is C12H8IN3O4S. The average molecular weight is 417 g/mol. The fourth-order valence-corrected chi connectivity index (χ4v) is 3.22. The molecule has 0 aliphatic carbocycles. The Morgan fingerprint density at radius 1 is 0.952 bits per heavy atom. The van der Waals surface area contributed by atoms with E-state index in [1.165, 1.54) is 36.0 Å². The number of halogens is 1. The molecule has 0 aliphatic rings. The Bertz CT molecular complexity index is 677. The lowest BCUT2D eigenvalue weighted by Gasteiger charge is -2.07. The lowest BCUT2D eigenvalue weighted by molar-refractivity contribution is -0.385. The number of hydrogen-bond acceptors (Lipinski definition) is 6. The number of nitrogen functional groups attached to an aromatic ring is 1. The number of benzene rings is 2. The molecule has 0 spiro atoms. The van der Waals surface area contributed by atoms with Gasteiger partial charge in [-0.1, -0.05) is 11.8 Å². The second-order valence-corrected chi connectivity index (χ2v) is 6.20. The van der Waals surface area contributed by atoms with Crippen LogP contribution >= 0.6 is 34.4 Å². The molecule has 0 saturated carbocycles. The summed E-state index contributed by atoms with van der Waals surface area (Å²) in [5.74, 6) is 0. The summed E-state index contributed by atoms with van der Waals surface area (Å²) in [6, 6.07) is 8.73. The van der Waals surface area contributed by atoms with Crippen LogP contribution < -0.4 is 5.73 Å². The van der Waals surface area contributed by atoms with Gasteiger partial charge in [0.05, 0.1) is 15.5 Å². The maximum atomic E-state index is 10.7. The maximum absolute atomic E-state index is 10.7. The smallest absolute Gasteiger partial charge is 0.271 e. The summed E-state index contributed by atoms with van der Waals surface area (Å²) in [6.45, 7) is 0. The molecule has 0 amide bonds. The van der Waals surface area contributed by atoms with Gasteiger partial charge in [-0.15, -0.1) is 0 Å². The summed E-state index contributed by atoms with van der Waals surface area (Å²) < 4.78 is 0.713. The van der Waals surface area contributed by atoms with Gasteiger partial charge in [-0.25, -0.2) is 0 Å². The van der Waals surface area contributed by atoms with Crippen molar-refractivity contribution in [2.45, 2.75) is 9.79 Å². The minimum atomic E-state index is -0.513. The third kappa shape index (κ3) is 3.61. The first-order valence-corrected chi connectivity index (χ1v) is 7.43. The minimum Gasteiger partial charge on any atom is -0.398 e. The van der Waals surface area contributed by atoms with Crippen molar-refractivity contribution in [2.24, 2.45) is 0 Å². The molecule has 0 heterocycles. The molecule has 0 aromatic heterocycles. The predicted octanol–water partition coefficient (Wildman–Crippen LogP) is 3.84. The normalized spacial score (nSPS) is 10.3. The number of rotatable bonds is 4. The average Bonchev–Trinajstić information content (AvgIpc) is 2.42. The maximum Gasteiger partial charge on any atom is 0.271 e. The number of nitrogens with two attached hydrogens (primary N) is 1. The van der Waals surface area contributed by atoms with Gasteiger partial charge in [-0.05, 0) is 34.7 Å². The molecule has 9 heteroatoms. The second-order valence-electron chi connectivity index (χ2n) is 3.95. The summed E-state index contributed by atoms with van der Waals surface area (Å²) in [6.07, 6.45) is 0. The Labute approximate surface area is 137 Å². The second kappa shape index (κ2) is 6.26. The molecule has 2 aromatic rings. The molecule has 108 valence electrons. The van der Waals surface area contributed by atoms with E-state index in [0.29, 0.717) is 14.2 Å². The largest absolute Gasteiger partial charge is 0.398 e. The molecule has 21 heavy (non-hydrogen) atoms. The minimum absolute atomic E-state index is 0.0143. The summed E-state index contributed by atoms with van der Waals surface area (Å²) >= 11 is 3.30. The highest BCUT2D eigenvalue weighted by atomic mass is 127. The molecule has 7 nitrogen and oxygen atoms in total. The van der Waals surface area contributed by atoms with Gasteiger partial charge in [-0.3, -0.25) is 20.2 Å². The highest BCUT2D eigenvalue weighted by Crippen LogP contribution is 2.37. The number of nitro groups is 2. The molecule has 0 unspecified atom stereocenters. The number of nitrogens with zero attached hydrogens (tertiary/aromatic N) is 2. The van der Waals surface area contributed by atoms with Crippen molar-refractivity contribution in [1.82, 2.24) is 0 Å². The summed E-state index contributed by atoms with van der Waals surface area (Å²) in [5.41, 5.74) is 6.03. The first-order valence-electron chi connectivity index (χ1n) is 5.54. The van der Waals surface area contributed by atoms with Crippen LogP contribution in [0.4, 0.5) is 17.1 Å². The van der Waals surface area contributed by atoms with Crippen molar-refractivity contribution in [3.8, 4) is 0 Å². The molecule has 0 fully saturated rings. The van der Waals surface area contributed by atoms with E-state index in [1.807, 2.05) is 22.6 Å². The quantitative estimate of drug-likeness (QED) is 0.350. The van der Waals surface area contributed by atoms with E-state index in [0.717, 1.165) is 4.90 Å². The van der Waals surface area contributed by atoms with E-state index in [9.17, 15) is 20.2 Å². The Morgan fingerprint density at radius 3 is 1.95 bits per heavy atom. The molecule has 2 aromatic carbocycles. The van der Waals surface area contributed by atoms with Crippen LogP contribution in [0.5, 0.6) is 0 Å². The number of non-ortho nitro benzene ring substituents is 2. The van der Waals surface area contributed by atoms with Gasteiger partial charge in [-0.2, -0.15) is 0 Å². The van der Waals surface area contributed by atoms with E-state index in [1.54, 1.807) is 12.1 Å². The molecule has 2 rings (SSSR count). The van der Waals surface area contributed by atoms with Crippen molar-refractivity contribution in [2.75, 3.05) is 5.73 Å². The third-order valence-electron chi connectivity index (χ3n) is 2.55. The van der Waals surface area contributed by atoms with Crippen LogP contribution in [0.25, 0.3) is 0 Å². The van der Waals surface area contributed by atoms with Gasteiger partial charge in [0.15, 0.2) is 0 Å². The van der Waals surface area contributed by atoms with E-state index >= 15 is 0 Å². The molecule has 0 saturated heterocycles. The van der Waals surface area contributed by atoms with E-state index < -0.39 is 9.85 Å². The first kappa shape index (κ1) is 15.5. The standard InChI is InChI=1S/C12H8IN3O4S/c13-9-5-7(15(17)18)1-3-11(9)21-12-4-2-8(16(19)20)6-10(12)14/h1-6H,14H2. The fourth-order valence-electron chi connectivity index (χ4n) is 1.55. The van der Waals surface area contributed by atoms with E-state index in [2.05, 4.69) is 0 Å². The van der Waals surface area contributed by atoms with Gasteiger partial charge in [0.25, 0.3) is 11.4 Å². The molecular weight excluding hydrogens is 409 g/mol. The topological polar surface area (TPSA) is 112 Å². The van der Waals surface area contributed by atoms with Gasteiger partial charge >= 0.3 is 0 Å². The van der Waals surface area contributed by atoms with E-state index in [4.69, 9.17) is 5.73 Å². The Hall–Kier alpha value is -1.88. The zero-order chi connectivity index (χ0) is 15.6. The van der Waals surface area contributed by atoms with Crippen molar-refractivity contribution in [1.29, 1.82) is 0 Å². The van der Waals surface area contributed by atoms with Gasteiger partial charge in [0, 0.05) is 37.6 Å². The SMILES string of the molecule is Nc1cc([N+](=O)[O-])ccc1Sc1ccc([N+](=O)[O-])cc1I. The van der Waals surface area contributed by atoms with Gasteiger partial charge in [0.1, 0.15) is 0 Å². The first-order chi connectivity index (χ1) is 9.88. The van der Waals surface area contributed by atoms with Crippen LogP contribution in [-0.2, 0) is 0 Å². The van der Waals surface area contributed by atoms with Crippen LogP contribution in [0.1, 0.15) is 0 Å². The third-order valence-corrected chi connectivity index (χ3v) is 4.98. The summed E-state index contributed by atoms with van der Waals surface area (Å²) in [4.78, 5) is 21.8. The fraction of sp³-hybridized carbons (Fsp3) is 0. The van der Waals surface area contributed by atoms with Crippen molar-refractivity contribution < 1.29 is 9.85 Å². The molecule has 0 radical (unpaired) electrons. The van der Waals surface area contributed by atoms with Crippen LogP contribution in [0, 0.1) is 23.8 Å². The number of anilines is 1. The Kier molecular flexibility index (Phi) is 4.63. The molecule has 0 bridgehead atoms. The summed E-state index contributed by atoms with van der Waals surface area (Å²) in [5, 5.41) is 21.3. The highest BCUT2D eigenvalue weighted by Gasteiger charge is 2.13. The highest BCUT2D eigenvalue weighted by molar-refractivity contribution is 14.1. The summed E-state index contributed by atoms with van der Waals surface area (Å²) in [7, 11) is 0. The Balaban J connectivity index is 2.30. The predicted molar refractivity (Wildman–Crippen MR) is 87.4 cm³/mol. The monoisotopic (exact) mass is 417 g/mol. The van der Waals surface area contributed by atoms with Crippen LogP contribution in [-0.4, -0.2) is 9.85 Å². The molecule has 0 atom stereocenters. The molecule has 0 aliphatic heterocycles. The van der Waals surface area contributed by atoms with Crippen molar-refractivity contribution in [3.63, 3.8) is 0 Å².